The van der Waals surface area contributed by atoms with Crippen LogP contribution in [-0.2, 0) is 4.79 Å². The number of carbonyl (C=O) groups is 1. The van der Waals surface area contributed by atoms with Crippen LogP contribution in [0.1, 0.15) is 26.2 Å². The largest absolute Gasteiger partial charge is 0.299 e. The number of halogens is 2. The molecular weight excluding hydrogens is 390 g/mol. The number of carbonyl (C=O) groups excluding carboxylic acids is 1. The van der Waals surface area contributed by atoms with Crippen LogP contribution in [0.2, 0.25) is 0 Å². The third kappa shape index (κ3) is 1.12. The maximum Gasteiger partial charge on any atom is 0.140 e. The number of hydrogen-bond acceptors (Lipinski definition) is 1. The summed E-state index contributed by atoms with van der Waals surface area (Å²) >= 11 is 4.87. The van der Waals surface area contributed by atoms with E-state index in [-0.39, 0.29) is 5.41 Å². The second kappa shape index (κ2) is 3.32. The van der Waals surface area contributed by atoms with Crippen molar-refractivity contribution in [3.05, 3.63) is 0 Å². The SMILES string of the molecule is C[C@]1(CI)[C@@H]2CC[C@]1(CI)C(=O)C2. The molecule has 0 aliphatic heterocycles. The molecule has 1 nitrogen and oxygen atoms in total. The zero-order valence-electron chi connectivity index (χ0n) is 7.78. The van der Waals surface area contributed by atoms with Gasteiger partial charge >= 0.3 is 0 Å². The molecule has 2 rings (SSSR count). The predicted molar refractivity (Wildman–Crippen MR) is 70.7 cm³/mol. The van der Waals surface area contributed by atoms with Gasteiger partial charge in [0.05, 0.1) is 0 Å². The summed E-state index contributed by atoms with van der Waals surface area (Å²) in [6.07, 6.45) is 3.30. The number of fused-ring (bicyclic) bond motifs is 2. The maximum atomic E-state index is 12.0. The van der Waals surface area contributed by atoms with Gasteiger partial charge in [0.1, 0.15) is 5.78 Å². The number of alkyl halides is 2. The van der Waals surface area contributed by atoms with Crippen molar-refractivity contribution in [1.82, 2.24) is 0 Å². The summed E-state index contributed by atoms with van der Waals surface area (Å²) in [5, 5.41) is 0. The molecule has 2 aliphatic carbocycles. The Labute approximate surface area is 107 Å². The quantitative estimate of drug-likeness (QED) is 0.511. The summed E-state index contributed by atoms with van der Waals surface area (Å²) in [4.78, 5) is 12.0. The molecule has 2 aliphatic rings. The molecule has 0 heterocycles. The third-order valence-electron chi connectivity index (χ3n) is 4.39. The average Bonchev–Trinajstić information content (AvgIpc) is 2.53. The fourth-order valence-electron chi connectivity index (χ4n) is 3.15. The first-order valence-electron chi connectivity index (χ1n) is 4.76. The fraction of sp³-hybridized carbons (Fsp3) is 0.900. The summed E-state index contributed by atoms with van der Waals surface area (Å²) in [7, 11) is 0. The van der Waals surface area contributed by atoms with Crippen LogP contribution in [-0.4, -0.2) is 14.6 Å². The molecule has 0 aromatic rings. The molecule has 74 valence electrons. The van der Waals surface area contributed by atoms with E-state index in [4.69, 9.17) is 0 Å². The van der Waals surface area contributed by atoms with Crippen molar-refractivity contribution < 1.29 is 4.79 Å². The molecular formula is C10H14I2O. The lowest BCUT2D eigenvalue weighted by molar-refractivity contribution is -0.127. The van der Waals surface area contributed by atoms with Gasteiger partial charge in [0.25, 0.3) is 0 Å². The normalized spacial score (nSPS) is 48.8. The van der Waals surface area contributed by atoms with Crippen molar-refractivity contribution in [2.45, 2.75) is 26.2 Å². The Bertz CT molecular complexity index is 253. The lowest BCUT2D eigenvalue weighted by atomic mass is 9.70. The van der Waals surface area contributed by atoms with Crippen LogP contribution in [0.25, 0.3) is 0 Å². The van der Waals surface area contributed by atoms with Crippen LogP contribution in [0.3, 0.4) is 0 Å². The lowest BCUT2D eigenvalue weighted by Crippen LogP contribution is -2.40. The Morgan fingerprint density at radius 3 is 2.54 bits per heavy atom. The molecule has 0 spiro atoms. The highest BCUT2D eigenvalue weighted by molar-refractivity contribution is 14.1. The Hall–Kier alpha value is 1.13. The maximum absolute atomic E-state index is 12.0. The molecule has 0 saturated heterocycles. The number of ketones is 1. The van der Waals surface area contributed by atoms with E-state index in [1.54, 1.807) is 0 Å². The molecule has 2 saturated carbocycles. The van der Waals surface area contributed by atoms with E-state index < -0.39 is 0 Å². The minimum absolute atomic E-state index is 0.0550. The molecule has 0 unspecified atom stereocenters. The van der Waals surface area contributed by atoms with E-state index in [9.17, 15) is 4.79 Å². The Morgan fingerprint density at radius 2 is 2.15 bits per heavy atom. The van der Waals surface area contributed by atoms with E-state index in [0.717, 1.165) is 21.7 Å². The van der Waals surface area contributed by atoms with Gasteiger partial charge in [-0.1, -0.05) is 52.1 Å². The first kappa shape index (κ1) is 10.6. The lowest BCUT2D eigenvalue weighted by Gasteiger charge is -2.36. The topological polar surface area (TPSA) is 17.1 Å². The third-order valence-corrected chi connectivity index (χ3v) is 7.27. The molecule has 0 aromatic heterocycles. The molecule has 0 amide bonds. The summed E-state index contributed by atoms with van der Waals surface area (Å²) in [6.45, 7) is 2.33. The van der Waals surface area contributed by atoms with Crippen molar-refractivity contribution in [3.63, 3.8) is 0 Å². The molecule has 0 aromatic carbocycles. The summed E-state index contributed by atoms with van der Waals surface area (Å²) in [5.74, 6) is 1.24. The minimum atomic E-state index is 0.0550. The van der Waals surface area contributed by atoms with Crippen LogP contribution < -0.4 is 0 Å². The van der Waals surface area contributed by atoms with Crippen LogP contribution in [0, 0.1) is 16.7 Å². The average molecular weight is 404 g/mol. The highest BCUT2D eigenvalue weighted by atomic mass is 127. The Morgan fingerprint density at radius 1 is 1.46 bits per heavy atom. The van der Waals surface area contributed by atoms with Crippen LogP contribution in [0.4, 0.5) is 0 Å². The monoisotopic (exact) mass is 404 g/mol. The van der Waals surface area contributed by atoms with Gasteiger partial charge < -0.3 is 0 Å². The van der Waals surface area contributed by atoms with Gasteiger partial charge in [-0.2, -0.15) is 0 Å². The van der Waals surface area contributed by atoms with Crippen LogP contribution in [0.5, 0.6) is 0 Å². The standard InChI is InChI=1S/C10H14I2O/c1-9(5-11)7-2-3-10(9,6-12)8(13)4-7/h7H,2-6H2,1H3/t7-,9+,10+/m1/s1. The molecule has 0 radical (unpaired) electrons. The van der Waals surface area contributed by atoms with Gasteiger partial charge in [0, 0.05) is 20.7 Å². The molecule has 0 N–H and O–H groups in total. The zero-order chi connectivity index (χ0) is 9.69. The molecule has 3 heteroatoms. The van der Waals surface area contributed by atoms with Crippen molar-refractivity contribution in [2.75, 3.05) is 8.86 Å². The first-order chi connectivity index (χ1) is 6.10. The summed E-state index contributed by atoms with van der Waals surface area (Å²) < 4.78 is 2.17. The van der Waals surface area contributed by atoms with E-state index >= 15 is 0 Å². The zero-order valence-corrected chi connectivity index (χ0v) is 12.1. The van der Waals surface area contributed by atoms with E-state index in [0.29, 0.717) is 17.1 Å². The number of rotatable bonds is 2. The van der Waals surface area contributed by atoms with Crippen molar-refractivity contribution in [2.24, 2.45) is 16.7 Å². The van der Waals surface area contributed by atoms with Gasteiger partial charge in [0.2, 0.25) is 0 Å². The molecule has 13 heavy (non-hydrogen) atoms. The van der Waals surface area contributed by atoms with E-state index in [1.165, 1.54) is 6.42 Å². The van der Waals surface area contributed by atoms with Gasteiger partial charge in [-0.05, 0) is 24.2 Å². The highest BCUT2D eigenvalue weighted by Crippen LogP contribution is 2.65. The highest BCUT2D eigenvalue weighted by Gasteiger charge is 2.65. The minimum Gasteiger partial charge on any atom is -0.299 e. The molecule has 3 atom stereocenters. The molecule has 2 bridgehead atoms. The molecule has 2 fully saturated rings. The number of hydrogen-bond donors (Lipinski definition) is 0. The van der Waals surface area contributed by atoms with E-state index in [2.05, 4.69) is 52.1 Å². The van der Waals surface area contributed by atoms with Gasteiger partial charge in [-0.3, -0.25) is 4.79 Å². The van der Waals surface area contributed by atoms with Crippen LogP contribution in [0.15, 0.2) is 0 Å². The second-order valence-corrected chi connectivity index (χ2v) is 6.16. The van der Waals surface area contributed by atoms with Crippen molar-refractivity contribution in [3.8, 4) is 0 Å². The second-order valence-electron chi connectivity index (χ2n) is 4.63. The Kier molecular flexibility index (Phi) is 2.72. The fourth-order valence-corrected chi connectivity index (χ4v) is 6.18. The Balaban J connectivity index is 2.45. The van der Waals surface area contributed by atoms with Gasteiger partial charge in [-0.25, -0.2) is 0 Å². The van der Waals surface area contributed by atoms with Crippen molar-refractivity contribution >= 4 is 51.0 Å². The number of Topliss-reactive ketones (excluding diaryl/α,β-unsaturated/α-hetero) is 1. The first-order valence-corrected chi connectivity index (χ1v) is 7.81. The summed E-state index contributed by atoms with van der Waals surface area (Å²) in [6, 6.07) is 0. The van der Waals surface area contributed by atoms with Gasteiger partial charge in [0.15, 0.2) is 0 Å². The predicted octanol–water partition coefficient (Wildman–Crippen LogP) is 3.23. The van der Waals surface area contributed by atoms with Crippen molar-refractivity contribution in [1.29, 1.82) is 0 Å². The van der Waals surface area contributed by atoms with Crippen LogP contribution >= 0.6 is 45.2 Å². The van der Waals surface area contributed by atoms with E-state index in [1.807, 2.05) is 0 Å². The summed E-state index contributed by atoms with van der Waals surface area (Å²) in [5.41, 5.74) is 0.366. The smallest absolute Gasteiger partial charge is 0.140 e. The van der Waals surface area contributed by atoms with Gasteiger partial charge in [-0.15, -0.1) is 0 Å².